The summed E-state index contributed by atoms with van der Waals surface area (Å²) in [6.45, 7) is 1.81. The molecular formula is C13H16N2OS. The van der Waals surface area contributed by atoms with Gasteiger partial charge in [-0.1, -0.05) is 12.1 Å². The molecule has 17 heavy (non-hydrogen) atoms. The highest BCUT2D eigenvalue weighted by molar-refractivity contribution is 7.11. The molecule has 1 aliphatic rings. The second-order valence-electron chi connectivity index (χ2n) is 4.40. The third-order valence-electron chi connectivity index (χ3n) is 3.15. The van der Waals surface area contributed by atoms with Crippen molar-refractivity contribution in [2.75, 3.05) is 18.5 Å². The molecule has 2 aromatic rings. The molecule has 1 aromatic carbocycles. The van der Waals surface area contributed by atoms with Crippen LogP contribution in [0.1, 0.15) is 19.3 Å². The van der Waals surface area contributed by atoms with Crippen LogP contribution in [0.3, 0.4) is 0 Å². The Morgan fingerprint density at radius 2 is 2.29 bits per heavy atom. The molecule has 1 fully saturated rings. The summed E-state index contributed by atoms with van der Waals surface area (Å²) in [5.41, 5.74) is 1.07. The van der Waals surface area contributed by atoms with Gasteiger partial charge in [-0.05, 0) is 42.9 Å². The molecule has 1 aromatic heterocycles. The lowest BCUT2D eigenvalue weighted by molar-refractivity contribution is 0.0248. The van der Waals surface area contributed by atoms with Crippen LogP contribution in [0.4, 0.5) is 5.00 Å². The van der Waals surface area contributed by atoms with E-state index < -0.39 is 0 Å². The zero-order valence-corrected chi connectivity index (χ0v) is 10.5. The second kappa shape index (κ2) is 5.02. The minimum Gasteiger partial charge on any atom is -0.376 e. The van der Waals surface area contributed by atoms with Crippen LogP contribution in [0, 0.1) is 0 Å². The van der Waals surface area contributed by atoms with Gasteiger partial charge in [0.15, 0.2) is 0 Å². The standard InChI is InChI=1S/C13H16N2OS/c1-2-7-12-11(6-1)13(17-15-12)14-9-10-5-3-4-8-16-10/h1-2,6-7,10,14H,3-5,8-9H2. The van der Waals surface area contributed by atoms with Gasteiger partial charge in [-0.15, -0.1) is 0 Å². The molecule has 90 valence electrons. The molecule has 1 atom stereocenters. The maximum atomic E-state index is 5.71. The number of aromatic nitrogens is 1. The van der Waals surface area contributed by atoms with Crippen LogP contribution in [-0.4, -0.2) is 23.6 Å². The monoisotopic (exact) mass is 248 g/mol. The fraction of sp³-hybridized carbons (Fsp3) is 0.462. The van der Waals surface area contributed by atoms with E-state index in [0.29, 0.717) is 6.10 Å². The number of rotatable bonds is 3. The van der Waals surface area contributed by atoms with Crippen LogP contribution >= 0.6 is 11.5 Å². The fourth-order valence-electron chi connectivity index (χ4n) is 2.19. The van der Waals surface area contributed by atoms with Gasteiger partial charge in [0.05, 0.1) is 11.6 Å². The maximum Gasteiger partial charge on any atom is 0.117 e. The summed E-state index contributed by atoms with van der Waals surface area (Å²) < 4.78 is 10.1. The van der Waals surface area contributed by atoms with E-state index in [1.165, 1.54) is 36.2 Å². The molecule has 1 aliphatic heterocycles. The van der Waals surface area contributed by atoms with E-state index >= 15 is 0 Å². The summed E-state index contributed by atoms with van der Waals surface area (Å²) >= 11 is 1.53. The van der Waals surface area contributed by atoms with Gasteiger partial charge in [0.25, 0.3) is 0 Å². The zero-order chi connectivity index (χ0) is 11.5. The molecule has 0 amide bonds. The van der Waals surface area contributed by atoms with Crippen LogP contribution in [-0.2, 0) is 4.74 Å². The van der Waals surface area contributed by atoms with E-state index in [1.54, 1.807) is 0 Å². The average molecular weight is 248 g/mol. The molecule has 0 radical (unpaired) electrons. The van der Waals surface area contributed by atoms with Crippen molar-refractivity contribution in [2.24, 2.45) is 0 Å². The molecule has 0 spiro atoms. The Morgan fingerprint density at radius 3 is 3.18 bits per heavy atom. The van der Waals surface area contributed by atoms with Gasteiger partial charge >= 0.3 is 0 Å². The molecule has 1 saturated heterocycles. The van der Waals surface area contributed by atoms with Crippen LogP contribution < -0.4 is 5.32 Å². The number of benzene rings is 1. The van der Waals surface area contributed by atoms with Crippen molar-refractivity contribution in [1.29, 1.82) is 0 Å². The lowest BCUT2D eigenvalue weighted by Crippen LogP contribution is -2.26. The van der Waals surface area contributed by atoms with E-state index in [4.69, 9.17) is 4.74 Å². The van der Waals surface area contributed by atoms with Gasteiger partial charge in [0.2, 0.25) is 0 Å². The molecule has 0 saturated carbocycles. The maximum absolute atomic E-state index is 5.71. The number of hydrogen-bond donors (Lipinski definition) is 1. The van der Waals surface area contributed by atoms with Crippen LogP contribution in [0.2, 0.25) is 0 Å². The Labute approximate surface area is 105 Å². The number of nitrogens with one attached hydrogen (secondary N) is 1. The smallest absolute Gasteiger partial charge is 0.117 e. The molecule has 1 N–H and O–H groups in total. The molecule has 0 bridgehead atoms. The predicted octanol–water partition coefficient (Wildman–Crippen LogP) is 3.28. The van der Waals surface area contributed by atoms with Crippen LogP contribution in [0.25, 0.3) is 10.9 Å². The second-order valence-corrected chi connectivity index (χ2v) is 5.17. The summed E-state index contributed by atoms with van der Waals surface area (Å²) in [6, 6.07) is 8.24. The van der Waals surface area contributed by atoms with Crippen LogP contribution in [0.5, 0.6) is 0 Å². The number of anilines is 1. The highest BCUT2D eigenvalue weighted by Gasteiger charge is 2.14. The summed E-state index contributed by atoms with van der Waals surface area (Å²) in [7, 11) is 0. The fourth-order valence-corrected chi connectivity index (χ4v) is 2.96. The lowest BCUT2D eigenvalue weighted by Gasteiger charge is -2.22. The van der Waals surface area contributed by atoms with Gasteiger partial charge in [0, 0.05) is 18.5 Å². The molecule has 3 nitrogen and oxygen atoms in total. The van der Waals surface area contributed by atoms with Crippen molar-refractivity contribution in [1.82, 2.24) is 4.37 Å². The predicted molar refractivity (Wildman–Crippen MR) is 71.7 cm³/mol. The normalized spacial score (nSPS) is 20.6. The largest absolute Gasteiger partial charge is 0.376 e. The van der Waals surface area contributed by atoms with Gasteiger partial charge in [-0.3, -0.25) is 0 Å². The minimum atomic E-state index is 0.365. The zero-order valence-electron chi connectivity index (χ0n) is 9.69. The first-order chi connectivity index (χ1) is 8.43. The molecule has 2 heterocycles. The number of fused-ring (bicyclic) bond motifs is 1. The lowest BCUT2D eigenvalue weighted by atomic mass is 10.1. The molecule has 3 rings (SSSR count). The Hall–Kier alpha value is -1.13. The molecule has 1 unspecified atom stereocenters. The van der Waals surface area contributed by atoms with Gasteiger partial charge in [0.1, 0.15) is 5.00 Å². The Bertz CT molecular complexity index is 491. The van der Waals surface area contributed by atoms with Crippen molar-refractivity contribution in [3.05, 3.63) is 24.3 Å². The highest BCUT2D eigenvalue weighted by atomic mass is 32.1. The van der Waals surface area contributed by atoms with Crippen molar-refractivity contribution in [3.8, 4) is 0 Å². The molecular weight excluding hydrogens is 232 g/mol. The summed E-state index contributed by atoms with van der Waals surface area (Å²) in [4.78, 5) is 0. The third-order valence-corrected chi connectivity index (χ3v) is 3.98. The van der Waals surface area contributed by atoms with E-state index in [9.17, 15) is 0 Å². The number of ether oxygens (including phenoxy) is 1. The third kappa shape index (κ3) is 2.42. The first-order valence-electron chi connectivity index (χ1n) is 6.13. The molecule has 0 aliphatic carbocycles. The van der Waals surface area contributed by atoms with E-state index in [0.717, 1.165) is 23.7 Å². The number of nitrogens with zero attached hydrogens (tertiary/aromatic N) is 1. The van der Waals surface area contributed by atoms with E-state index in [1.807, 2.05) is 12.1 Å². The van der Waals surface area contributed by atoms with Crippen LogP contribution in [0.15, 0.2) is 24.3 Å². The summed E-state index contributed by atoms with van der Waals surface area (Å²) in [6.07, 6.45) is 4.03. The summed E-state index contributed by atoms with van der Waals surface area (Å²) in [5.74, 6) is 0. The van der Waals surface area contributed by atoms with Crippen molar-refractivity contribution in [3.63, 3.8) is 0 Å². The minimum absolute atomic E-state index is 0.365. The van der Waals surface area contributed by atoms with Gasteiger partial charge in [-0.25, -0.2) is 0 Å². The van der Waals surface area contributed by atoms with Crippen molar-refractivity contribution < 1.29 is 4.74 Å². The Kier molecular flexibility index (Phi) is 3.25. The first kappa shape index (κ1) is 11.0. The average Bonchev–Trinajstić information content (AvgIpc) is 2.81. The highest BCUT2D eigenvalue weighted by Crippen LogP contribution is 2.27. The Balaban J connectivity index is 1.68. The van der Waals surface area contributed by atoms with E-state index in [2.05, 4.69) is 21.8 Å². The number of hydrogen-bond acceptors (Lipinski definition) is 4. The Morgan fingerprint density at radius 1 is 1.35 bits per heavy atom. The van der Waals surface area contributed by atoms with Crippen molar-refractivity contribution in [2.45, 2.75) is 25.4 Å². The first-order valence-corrected chi connectivity index (χ1v) is 6.91. The van der Waals surface area contributed by atoms with E-state index in [-0.39, 0.29) is 0 Å². The molecule has 4 heteroatoms. The van der Waals surface area contributed by atoms with Gasteiger partial charge < -0.3 is 10.1 Å². The SMILES string of the molecule is c1ccc2c(NCC3CCCCO3)snc2c1. The summed E-state index contributed by atoms with van der Waals surface area (Å²) in [5, 5.41) is 5.85. The van der Waals surface area contributed by atoms with Crippen molar-refractivity contribution >= 4 is 27.4 Å². The van der Waals surface area contributed by atoms with Gasteiger partial charge in [-0.2, -0.15) is 4.37 Å². The topological polar surface area (TPSA) is 34.1 Å². The quantitative estimate of drug-likeness (QED) is 0.905.